The second-order valence-electron chi connectivity index (χ2n) is 4.96. The molecule has 6 nitrogen and oxygen atoms in total. The largest absolute Gasteiger partial charge is 0.423 e. The summed E-state index contributed by atoms with van der Waals surface area (Å²) in [4.78, 5) is 15.9. The van der Waals surface area contributed by atoms with Crippen LogP contribution in [0.5, 0.6) is 0 Å². The molecular weight excluding hydrogens is 256 g/mol. The van der Waals surface area contributed by atoms with Gasteiger partial charge in [-0.05, 0) is 18.6 Å². The summed E-state index contributed by atoms with van der Waals surface area (Å²) in [5.74, 6) is 1.07. The standard InChI is InChI=1S/C14H18N4O2/c1-9(2)13-17-18-14(20-13)10(3)16-12(19)7-11-5-4-6-15-8-11/h4-6,8-10H,7H2,1-3H3,(H,16,19)/t10-/m0/s1. The highest BCUT2D eigenvalue weighted by atomic mass is 16.4. The van der Waals surface area contributed by atoms with Crippen molar-refractivity contribution < 1.29 is 9.21 Å². The Kier molecular flexibility index (Phi) is 4.45. The van der Waals surface area contributed by atoms with Crippen LogP contribution < -0.4 is 5.32 Å². The number of amides is 1. The Morgan fingerprint density at radius 3 is 2.65 bits per heavy atom. The zero-order valence-electron chi connectivity index (χ0n) is 11.8. The van der Waals surface area contributed by atoms with Gasteiger partial charge >= 0.3 is 0 Å². The Hall–Kier alpha value is -2.24. The van der Waals surface area contributed by atoms with E-state index in [1.807, 2.05) is 26.8 Å². The van der Waals surface area contributed by atoms with E-state index in [1.54, 1.807) is 18.5 Å². The minimum Gasteiger partial charge on any atom is -0.423 e. The molecule has 2 aromatic rings. The number of aromatic nitrogens is 3. The van der Waals surface area contributed by atoms with E-state index in [9.17, 15) is 4.79 Å². The maximum atomic E-state index is 11.9. The molecule has 0 saturated carbocycles. The molecule has 0 radical (unpaired) electrons. The summed E-state index contributed by atoms with van der Waals surface area (Å²) in [7, 11) is 0. The number of nitrogens with zero attached hydrogens (tertiary/aromatic N) is 3. The molecule has 2 heterocycles. The van der Waals surface area contributed by atoms with Gasteiger partial charge in [0.2, 0.25) is 17.7 Å². The molecule has 20 heavy (non-hydrogen) atoms. The first-order valence-corrected chi connectivity index (χ1v) is 6.58. The summed E-state index contributed by atoms with van der Waals surface area (Å²) >= 11 is 0. The maximum Gasteiger partial charge on any atom is 0.238 e. The SMILES string of the molecule is CC(C)c1nnc([C@H](C)NC(=O)Cc2cccnc2)o1. The summed E-state index contributed by atoms with van der Waals surface area (Å²) in [6, 6.07) is 3.36. The average Bonchev–Trinajstić information content (AvgIpc) is 2.89. The van der Waals surface area contributed by atoms with Crippen LogP contribution in [-0.4, -0.2) is 21.1 Å². The first-order valence-electron chi connectivity index (χ1n) is 6.58. The van der Waals surface area contributed by atoms with Crippen molar-refractivity contribution in [3.05, 3.63) is 41.9 Å². The lowest BCUT2D eigenvalue weighted by Crippen LogP contribution is -2.28. The monoisotopic (exact) mass is 274 g/mol. The highest BCUT2D eigenvalue weighted by Gasteiger charge is 2.17. The summed E-state index contributed by atoms with van der Waals surface area (Å²) in [5.41, 5.74) is 0.866. The van der Waals surface area contributed by atoms with Crippen molar-refractivity contribution >= 4 is 5.91 Å². The lowest BCUT2D eigenvalue weighted by atomic mass is 10.2. The molecule has 0 fully saturated rings. The van der Waals surface area contributed by atoms with E-state index in [0.717, 1.165) is 5.56 Å². The molecule has 0 unspecified atom stereocenters. The Morgan fingerprint density at radius 1 is 1.30 bits per heavy atom. The third-order valence-corrected chi connectivity index (χ3v) is 2.79. The third-order valence-electron chi connectivity index (χ3n) is 2.79. The second-order valence-corrected chi connectivity index (χ2v) is 4.96. The maximum absolute atomic E-state index is 11.9. The molecular formula is C14H18N4O2. The van der Waals surface area contributed by atoms with Crippen molar-refractivity contribution in [3.63, 3.8) is 0 Å². The number of hydrogen-bond acceptors (Lipinski definition) is 5. The van der Waals surface area contributed by atoms with Crippen molar-refractivity contribution in [2.75, 3.05) is 0 Å². The van der Waals surface area contributed by atoms with Gasteiger partial charge in [-0.1, -0.05) is 19.9 Å². The predicted octanol–water partition coefficient (Wildman–Crippen LogP) is 2.01. The van der Waals surface area contributed by atoms with Gasteiger partial charge in [-0.2, -0.15) is 0 Å². The molecule has 106 valence electrons. The van der Waals surface area contributed by atoms with E-state index in [-0.39, 0.29) is 24.3 Å². The van der Waals surface area contributed by atoms with Gasteiger partial charge in [0.1, 0.15) is 6.04 Å². The van der Waals surface area contributed by atoms with E-state index in [1.165, 1.54) is 0 Å². The molecule has 1 N–H and O–H groups in total. The molecule has 0 spiro atoms. The van der Waals surface area contributed by atoms with Crippen LogP contribution in [0.3, 0.4) is 0 Å². The van der Waals surface area contributed by atoms with Crippen LogP contribution in [-0.2, 0) is 11.2 Å². The fraction of sp³-hybridized carbons (Fsp3) is 0.429. The van der Waals surface area contributed by atoms with Gasteiger partial charge in [0, 0.05) is 18.3 Å². The summed E-state index contributed by atoms with van der Waals surface area (Å²) in [6.45, 7) is 5.77. The quantitative estimate of drug-likeness (QED) is 0.902. The molecule has 2 rings (SSSR count). The van der Waals surface area contributed by atoms with Gasteiger partial charge in [-0.25, -0.2) is 0 Å². The lowest BCUT2D eigenvalue weighted by Gasteiger charge is -2.09. The minimum atomic E-state index is -0.306. The number of rotatable bonds is 5. The molecule has 2 aromatic heterocycles. The van der Waals surface area contributed by atoms with E-state index in [4.69, 9.17) is 4.42 Å². The van der Waals surface area contributed by atoms with Gasteiger partial charge in [-0.3, -0.25) is 9.78 Å². The number of pyridine rings is 1. The topological polar surface area (TPSA) is 80.9 Å². The minimum absolute atomic E-state index is 0.102. The van der Waals surface area contributed by atoms with Crippen LogP contribution in [0.15, 0.2) is 28.9 Å². The van der Waals surface area contributed by atoms with E-state index in [2.05, 4.69) is 20.5 Å². The highest BCUT2D eigenvalue weighted by molar-refractivity contribution is 5.78. The number of hydrogen-bond donors (Lipinski definition) is 1. The molecule has 0 bridgehead atoms. The highest BCUT2D eigenvalue weighted by Crippen LogP contribution is 2.16. The Morgan fingerprint density at radius 2 is 2.05 bits per heavy atom. The Bertz CT molecular complexity index is 566. The van der Waals surface area contributed by atoms with Crippen LogP contribution in [0.1, 0.15) is 50.1 Å². The zero-order chi connectivity index (χ0) is 14.5. The summed E-state index contributed by atoms with van der Waals surface area (Å²) in [5, 5.41) is 10.7. The smallest absolute Gasteiger partial charge is 0.238 e. The van der Waals surface area contributed by atoms with E-state index in [0.29, 0.717) is 11.8 Å². The van der Waals surface area contributed by atoms with Crippen molar-refractivity contribution in [2.45, 2.75) is 39.2 Å². The van der Waals surface area contributed by atoms with Gasteiger partial charge in [0.25, 0.3) is 0 Å². The summed E-state index contributed by atoms with van der Waals surface area (Å²) < 4.78 is 5.51. The van der Waals surface area contributed by atoms with Gasteiger partial charge < -0.3 is 9.73 Å². The van der Waals surface area contributed by atoms with Crippen LogP contribution >= 0.6 is 0 Å². The fourth-order valence-electron chi connectivity index (χ4n) is 1.70. The molecule has 0 aliphatic heterocycles. The Balaban J connectivity index is 1.93. The molecule has 1 amide bonds. The number of carbonyl (C=O) groups is 1. The van der Waals surface area contributed by atoms with E-state index >= 15 is 0 Å². The van der Waals surface area contributed by atoms with Crippen LogP contribution in [0.2, 0.25) is 0 Å². The van der Waals surface area contributed by atoms with Crippen molar-refractivity contribution in [1.82, 2.24) is 20.5 Å². The molecule has 6 heteroatoms. The third kappa shape index (κ3) is 3.63. The van der Waals surface area contributed by atoms with Crippen LogP contribution in [0, 0.1) is 0 Å². The lowest BCUT2D eigenvalue weighted by molar-refractivity contribution is -0.121. The average molecular weight is 274 g/mol. The fourth-order valence-corrected chi connectivity index (χ4v) is 1.70. The van der Waals surface area contributed by atoms with Crippen molar-refractivity contribution in [1.29, 1.82) is 0 Å². The molecule has 0 aliphatic carbocycles. The predicted molar refractivity (Wildman–Crippen MR) is 72.9 cm³/mol. The van der Waals surface area contributed by atoms with Crippen molar-refractivity contribution in [3.8, 4) is 0 Å². The number of nitrogens with one attached hydrogen (secondary N) is 1. The van der Waals surface area contributed by atoms with Crippen molar-refractivity contribution in [2.24, 2.45) is 0 Å². The van der Waals surface area contributed by atoms with Gasteiger partial charge in [0.05, 0.1) is 6.42 Å². The molecule has 1 atom stereocenters. The molecule has 0 aromatic carbocycles. The molecule has 0 saturated heterocycles. The molecule has 0 aliphatic rings. The number of carbonyl (C=O) groups excluding carboxylic acids is 1. The van der Waals surface area contributed by atoms with Crippen LogP contribution in [0.4, 0.5) is 0 Å². The van der Waals surface area contributed by atoms with Crippen LogP contribution in [0.25, 0.3) is 0 Å². The Labute approximate surface area is 117 Å². The summed E-state index contributed by atoms with van der Waals surface area (Å²) in [6.07, 6.45) is 3.63. The first-order chi connectivity index (χ1) is 9.56. The van der Waals surface area contributed by atoms with Gasteiger partial charge in [-0.15, -0.1) is 10.2 Å². The normalized spacial score (nSPS) is 12.4. The van der Waals surface area contributed by atoms with Gasteiger partial charge in [0.15, 0.2) is 0 Å². The first kappa shape index (κ1) is 14.2. The zero-order valence-corrected chi connectivity index (χ0v) is 11.8. The second kappa shape index (κ2) is 6.27. The van der Waals surface area contributed by atoms with E-state index < -0.39 is 0 Å².